The molecule has 0 N–H and O–H groups in total. The first-order chi connectivity index (χ1) is 10.6. The van der Waals surface area contributed by atoms with Crippen molar-refractivity contribution >= 4 is 17.5 Å². The molecule has 2 aromatic heterocycles. The molecular formula is C14H15FN6O. The molecule has 2 fully saturated rings. The molecule has 0 bridgehead atoms. The van der Waals surface area contributed by atoms with Gasteiger partial charge in [0, 0.05) is 26.2 Å². The molecule has 8 heteroatoms. The van der Waals surface area contributed by atoms with E-state index in [-0.39, 0.29) is 18.0 Å². The summed E-state index contributed by atoms with van der Waals surface area (Å²) >= 11 is 0. The van der Waals surface area contributed by atoms with E-state index in [0.717, 1.165) is 31.0 Å². The maximum atomic E-state index is 13.0. The van der Waals surface area contributed by atoms with E-state index in [9.17, 15) is 9.18 Å². The normalized spacial score (nSPS) is 24.2. The van der Waals surface area contributed by atoms with Gasteiger partial charge in [0.1, 0.15) is 0 Å². The average Bonchev–Trinajstić information content (AvgIpc) is 3.15. The monoisotopic (exact) mass is 302 g/mol. The van der Waals surface area contributed by atoms with E-state index >= 15 is 0 Å². The molecule has 4 heterocycles. The Hall–Kier alpha value is -2.51. The topological polar surface area (TPSA) is 67.2 Å². The molecule has 2 aromatic rings. The van der Waals surface area contributed by atoms with E-state index in [4.69, 9.17) is 0 Å². The van der Waals surface area contributed by atoms with Gasteiger partial charge >= 0.3 is 0 Å². The molecule has 2 aliphatic heterocycles. The summed E-state index contributed by atoms with van der Waals surface area (Å²) in [6.45, 7) is 0.755. The highest BCUT2D eigenvalue weighted by molar-refractivity contribution is 5.97. The smallest absolute Gasteiger partial charge is 0.229 e. The number of rotatable bonds is 2. The van der Waals surface area contributed by atoms with Crippen LogP contribution in [0.4, 0.5) is 16.0 Å². The van der Waals surface area contributed by atoms with E-state index in [0.29, 0.717) is 12.4 Å². The Morgan fingerprint density at radius 3 is 2.68 bits per heavy atom. The lowest BCUT2D eigenvalue weighted by molar-refractivity contribution is -0.117. The predicted molar refractivity (Wildman–Crippen MR) is 76.8 cm³/mol. The first kappa shape index (κ1) is 13.2. The van der Waals surface area contributed by atoms with Gasteiger partial charge in [0.2, 0.25) is 11.9 Å². The summed E-state index contributed by atoms with van der Waals surface area (Å²) in [7, 11) is 1.83. The fraction of sp³-hybridized carbons (Fsp3) is 0.429. The van der Waals surface area contributed by atoms with E-state index in [1.54, 1.807) is 10.9 Å². The van der Waals surface area contributed by atoms with Gasteiger partial charge in [0.15, 0.2) is 5.82 Å². The van der Waals surface area contributed by atoms with Crippen molar-refractivity contribution in [1.29, 1.82) is 0 Å². The lowest BCUT2D eigenvalue weighted by Gasteiger charge is -2.24. The van der Waals surface area contributed by atoms with Crippen LogP contribution >= 0.6 is 0 Å². The Bertz CT molecular complexity index is 714. The van der Waals surface area contributed by atoms with Crippen LogP contribution in [0.1, 0.15) is 12.8 Å². The standard InChI is InChI=1S/C14H15FN6O/c1-19-8-10(7-18-19)21-11-2-3-20(12(11)4-13(21)22)14-16-5-9(15)6-17-14/h5-8,11-12H,2-4H2,1H3/t11-,12-/m0/s1. The quantitative estimate of drug-likeness (QED) is 0.818. The van der Waals surface area contributed by atoms with Crippen molar-refractivity contribution in [2.24, 2.45) is 7.05 Å². The van der Waals surface area contributed by atoms with E-state index in [2.05, 4.69) is 15.1 Å². The van der Waals surface area contributed by atoms with Crippen molar-refractivity contribution in [1.82, 2.24) is 19.7 Å². The minimum Gasteiger partial charge on any atom is -0.335 e. The molecule has 2 aliphatic rings. The third-order valence-corrected chi connectivity index (χ3v) is 4.33. The van der Waals surface area contributed by atoms with Crippen molar-refractivity contribution in [3.05, 3.63) is 30.6 Å². The van der Waals surface area contributed by atoms with E-state index in [1.807, 2.05) is 23.0 Å². The van der Waals surface area contributed by atoms with Crippen LogP contribution in [0.3, 0.4) is 0 Å². The van der Waals surface area contributed by atoms with Crippen LogP contribution in [0.15, 0.2) is 24.8 Å². The first-order valence-electron chi connectivity index (χ1n) is 7.18. The summed E-state index contributed by atoms with van der Waals surface area (Å²) in [4.78, 5) is 24.3. The highest BCUT2D eigenvalue weighted by atomic mass is 19.1. The molecule has 4 rings (SSSR count). The number of hydrogen-bond donors (Lipinski definition) is 0. The summed E-state index contributed by atoms with van der Waals surface area (Å²) in [6.07, 6.45) is 7.12. The van der Waals surface area contributed by atoms with Gasteiger partial charge in [-0.25, -0.2) is 14.4 Å². The number of carbonyl (C=O) groups excluding carboxylic acids is 1. The van der Waals surface area contributed by atoms with Crippen LogP contribution in [0.5, 0.6) is 0 Å². The number of aromatic nitrogens is 4. The maximum absolute atomic E-state index is 13.0. The molecule has 2 atom stereocenters. The molecule has 1 amide bonds. The molecule has 0 unspecified atom stereocenters. The van der Waals surface area contributed by atoms with Crippen molar-refractivity contribution in [2.75, 3.05) is 16.3 Å². The van der Waals surface area contributed by atoms with Gasteiger partial charge in [-0.15, -0.1) is 0 Å². The van der Waals surface area contributed by atoms with Gasteiger partial charge in [-0.1, -0.05) is 0 Å². The number of aryl methyl sites for hydroxylation is 1. The molecule has 114 valence electrons. The Morgan fingerprint density at radius 1 is 1.23 bits per heavy atom. The largest absolute Gasteiger partial charge is 0.335 e. The minimum atomic E-state index is -0.459. The lowest BCUT2D eigenvalue weighted by Crippen LogP contribution is -2.37. The van der Waals surface area contributed by atoms with Gasteiger partial charge < -0.3 is 9.80 Å². The lowest BCUT2D eigenvalue weighted by atomic mass is 10.1. The van der Waals surface area contributed by atoms with Crippen LogP contribution in [0.2, 0.25) is 0 Å². The summed E-state index contributed by atoms with van der Waals surface area (Å²) < 4.78 is 14.7. The number of anilines is 2. The number of fused-ring (bicyclic) bond motifs is 1. The van der Waals surface area contributed by atoms with Gasteiger partial charge in [0.05, 0.1) is 36.4 Å². The van der Waals surface area contributed by atoms with Crippen molar-refractivity contribution < 1.29 is 9.18 Å². The van der Waals surface area contributed by atoms with Gasteiger partial charge in [-0.3, -0.25) is 9.48 Å². The Balaban J connectivity index is 1.62. The molecule has 7 nitrogen and oxygen atoms in total. The molecule has 0 spiro atoms. The summed E-state index contributed by atoms with van der Waals surface area (Å²) in [6, 6.07) is 0.114. The van der Waals surface area contributed by atoms with Crippen molar-refractivity contribution in [3.8, 4) is 0 Å². The fourth-order valence-corrected chi connectivity index (χ4v) is 3.42. The van der Waals surface area contributed by atoms with Crippen LogP contribution in [-0.2, 0) is 11.8 Å². The first-order valence-corrected chi connectivity index (χ1v) is 7.18. The Morgan fingerprint density at radius 2 is 2.00 bits per heavy atom. The minimum absolute atomic E-state index is 0.0261. The molecular weight excluding hydrogens is 287 g/mol. The highest BCUT2D eigenvalue weighted by Gasteiger charge is 2.48. The maximum Gasteiger partial charge on any atom is 0.229 e. The second kappa shape index (κ2) is 4.75. The summed E-state index contributed by atoms with van der Waals surface area (Å²) in [5.41, 5.74) is 0.821. The Kier molecular flexibility index (Phi) is 2.85. The second-order valence-corrected chi connectivity index (χ2v) is 5.66. The number of hydrogen-bond acceptors (Lipinski definition) is 5. The summed E-state index contributed by atoms with van der Waals surface area (Å²) in [5.74, 6) is 0.100. The predicted octanol–water partition coefficient (Wildman–Crippen LogP) is 0.733. The third-order valence-electron chi connectivity index (χ3n) is 4.33. The zero-order chi connectivity index (χ0) is 15.3. The molecule has 0 radical (unpaired) electrons. The van der Waals surface area contributed by atoms with Crippen LogP contribution in [-0.4, -0.2) is 44.3 Å². The molecule has 0 saturated carbocycles. The zero-order valence-corrected chi connectivity index (χ0v) is 12.1. The van der Waals surface area contributed by atoms with Crippen LogP contribution in [0.25, 0.3) is 0 Å². The summed E-state index contributed by atoms with van der Waals surface area (Å²) in [5, 5.41) is 4.14. The Labute approximate surface area is 126 Å². The molecule has 0 aromatic carbocycles. The second-order valence-electron chi connectivity index (χ2n) is 5.66. The highest BCUT2D eigenvalue weighted by Crippen LogP contribution is 2.37. The van der Waals surface area contributed by atoms with E-state index < -0.39 is 5.82 Å². The number of nitrogens with zero attached hydrogens (tertiary/aromatic N) is 6. The molecule has 22 heavy (non-hydrogen) atoms. The van der Waals surface area contributed by atoms with Gasteiger partial charge in [0.25, 0.3) is 0 Å². The molecule has 2 saturated heterocycles. The number of amides is 1. The average molecular weight is 302 g/mol. The van der Waals surface area contributed by atoms with Gasteiger partial charge in [-0.2, -0.15) is 5.10 Å². The molecule has 0 aliphatic carbocycles. The van der Waals surface area contributed by atoms with E-state index in [1.165, 1.54) is 0 Å². The van der Waals surface area contributed by atoms with Crippen molar-refractivity contribution in [2.45, 2.75) is 24.9 Å². The van der Waals surface area contributed by atoms with Crippen LogP contribution < -0.4 is 9.80 Å². The van der Waals surface area contributed by atoms with Crippen molar-refractivity contribution in [3.63, 3.8) is 0 Å². The number of carbonyl (C=O) groups is 1. The van der Waals surface area contributed by atoms with Crippen LogP contribution in [0, 0.1) is 5.82 Å². The third kappa shape index (κ3) is 1.94. The SMILES string of the molecule is Cn1cc(N2C(=O)C[C@H]3[C@@H]2CCN3c2ncc(F)cn2)cn1. The van der Waals surface area contributed by atoms with Gasteiger partial charge in [-0.05, 0) is 6.42 Å². The fourth-order valence-electron chi connectivity index (χ4n) is 3.42. The number of halogens is 1. The zero-order valence-electron chi connectivity index (χ0n) is 12.1.